The molecule has 0 aliphatic carbocycles. The summed E-state index contributed by atoms with van der Waals surface area (Å²) in [6.07, 6.45) is 0. The number of halogens is 2. The number of rotatable bonds is 4. The van der Waals surface area contributed by atoms with Crippen molar-refractivity contribution in [2.75, 3.05) is 13.7 Å². The van der Waals surface area contributed by atoms with Gasteiger partial charge < -0.3 is 9.64 Å². The average Bonchev–Trinajstić information content (AvgIpc) is 2.37. The van der Waals surface area contributed by atoms with Gasteiger partial charge in [0.15, 0.2) is 0 Å². The van der Waals surface area contributed by atoms with E-state index in [1.165, 1.54) is 24.1 Å². The molecule has 1 rings (SSSR count). The first-order valence-corrected chi connectivity index (χ1v) is 6.49. The van der Waals surface area contributed by atoms with Crippen molar-refractivity contribution in [1.82, 2.24) is 4.90 Å². The van der Waals surface area contributed by atoms with Crippen molar-refractivity contribution in [2.24, 2.45) is 0 Å². The molecule has 1 aromatic rings. The molecule has 0 spiro atoms. The molecular weight excluding hydrogens is 317 g/mol. The molecule has 0 N–H and O–H groups in total. The third-order valence-electron chi connectivity index (χ3n) is 2.59. The minimum absolute atomic E-state index is 0.0769. The molecule has 1 amide bonds. The molecule has 0 aliphatic rings. The van der Waals surface area contributed by atoms with E-state index in [9.17, 15) is 14.0 Å². The van der Waals surface area contributed by atoms with Crippen molar-refractivity contribution < 1.29 is 18.7 Å². The van der Waals surface area contributed by atoms with Crippen molar-refractivity contribution in [3.63, 3.8) is 0 Å². The highest BCUT2D eigenvalue weighted by molar-refractivity contribution is 9.10. The summed E-state index contributed by atoms with van der Waals surface area (Å²) in [7, 11) is 1.24. The van der Waals surface area contributed by atoms with Gasteiger partial charge in [0.2, 0.25) is 0 Å². The van der Waals surface area contributed by atoms with Crippen molar-refractivity contribution in [3.8, 4) is 0 Å². The van der Waals surface area contributed by atoms with Crippen LogP contribution in [0.5, 0.6) is 0 Å². The highest BCUT2D eigenvalue weighted by Gasteiger charge is 2.24. The van der Waals surface area contributed by atoms with Gasteiger partial charge in [-0.05, 0) is 41.9 Å². The highest BCUT2D eigenvalue weighted by atomic mass is 79.9. The SMILES string of the molecule is COC(=O)CN(C(=O)c1cccc(Br)c1F)C(C)C. The molecule has 0 aromatic heterocycles. The minimum atomic E-state index is -0.636. The first-order chi connectivity index (χ1) is 8.88. The second-order valence-electron chi connectivity index (χ2n) is 4.20. The van der Waals surface area contributed by atoms with Crippen LogP contribution in [0.3, 0.4) is 0 Å². The maximum absolute atomic E-state index is 13.9. The maximum Gasteiger partial charge on any atom is 0.325 e. The van der Waals surface area contributed by atoms with Gasteiger partial charge in [0.05, 0.1) is 17.1 Å². The largest absolute Gasteiger partial charge is 0.468 e. The van der Waals surface area contributed by atoms with Crippen LogP contribution >= 0.6 is 15.9 Å². The normalized spacial score (nSPS) is 10.4. The Morgan fingerprint density at radius 2 is 2.05 bits per heavy atom. The van der Waals surface area contributed by atoms with E-state index in [-0.39, 0.29) is 22.6 Å². The Morgan fingerprint density at radius 3 is 2.58 bits per heavy atom. The lowest BCUT2D eigenvalue weighted by Gasteiger charge is -2.25. The Balaban J connectivity index is 3.06. The third kappa shape index (κ3) is 3.76. The van der Waals surface area contributed by atoms with Crippen LogP contribution in [-0.4, -0.2) is 36.5 Å². The van der Waals surface area contributed by atoms with E-state index in [1.54, 1.807) is 19.9 Å². The fourth-order valence-electron chi connectivity index (χ4n) is 1.52. The lowest BCUT2D eigenvalue weighted by molar-refractivity contribution is -0.141. The van der Waals surface area contributed by atoms with Gasteiger partial charge in [-0.3, -0.25) is 9.59 Å². The Labute approximate surface area is 119 Å². The van der Waals surface area contributed by atoms with E-state index in [4.69, 9.17) is 0 Å². The summed E-state index contributed by atoms with van der Waals surface area (Å²) >= 11 is 3.03. The number of nitrogens with zero attached hydrogens (tertiary/aromatic N) is 1. The molecule has 104 valence electrons. The lowest BCUT2D eigenvalue weighted by atomic mass is 10.1. The summed E-state index contributed by atoms with van der Waals surface area (Å²) < 4.78 is 18.6. The van der Waals surface area contributed by atoms with Gasteiger partial charge in [-0.25, -0.2) is 4.39 Å². The third-order valence-corrected chi connectivity index (χ3v) is 3.21. The van der Waals surface area contributed by atoms with E-state index < -0.39 is 17.7 Å². The molecule has 0 atom stereocenters. The van der Waals surface area contributed by atoms with E-state index in [0.717, 1.165) is 0 Å². The van der Waals surface area contributed by atoms with Crippen LogP contribution in [0, 0.1) is 5.82 Å². The fourth-order valence-corrected chi connectivity index (χ4v) is 1.88. The standard InChI is InChI=1S/C13H15BrFNO3/c1-8(2)16(7-11(17)19-3)13(18)9-5-4-6-10(14)12(9)15/h4-6,8H,7H2,1-3H3. The summed E-state index contributed by atoms with van der Waals surface area (Å²) in [5, 5.41) is 0. The zero-order valence-corrected chi connectivity index (χ0v) is 12.5. The van der Waals surface area contributed by atoms with Crippen molar-refractivity contribution in [3.05, 3.63) is 34.1 Å². The van der Waals surface area contributed by atoms with Crippen molar-refractivity contribution >= 4 is 27.8 Å². The van der Waals surface area contributed by atoms with Gasteiger partial charge in [0, 0.05) is 6.04 Å². The summed E-state index contributed by atoms with van der Waals surface area (Å²) in [5.74, 6) is -1.72. The van der Waals surface area contributed by atoms with Crippen LogP contribution in [0.4, 0.5) is 4.39 Å². The summed E-state index contributed by atoms with van der Waals surface area (Å²) in [5.41, 5.74) is -0.0769. The summed E-state index contributed by atoms with van der Waals surface area (Å²) in [4.78, 5) is 24.8. The van der Waals surface area contributed by atoms with E-state index in [1.807, 2.05) is 0 Å². The predicted molar refractivity (Wildman–Crippen MR) is 72.3 cm³/mol. The molecule has 1 aromatic carbocycles. The van der Waals surface area contributed by atoms with Crippen LogP contribution in [-0.2, 0) is 9.53 Å². The molecular formula is C13H15BrFNO3. The number of methoxy groups -OCH3 is 1. The number of amides is 1. The zero-order valence-electron chi connectivity index (χ0n) is 10.9. The lowest BCUT2D eigenvalue weighted by Crippen LogP contribution is -2.41. The van der Waals surface area contributed by atoms with E-state index in [2.05, 4.69) is 20.7 Å². The van der Waals surface area contributed by atoms with Gasteiger partial charge in [-0.2, -0.15) is 0 Å². The minimum Gasteiger partial charge on any atom is -0.468 e. The molecule has 0 saturated heterocycles. The quantitative estimate of drug-likeness (QED) is 0.797. The highest BCUT2D eigenvalue weighted by Crippen LogP contribution is 2.20. The topological polar surface area (TPSA) is 46.6 Å². The molecule has 0 heterocycles. The van der Waals surface area contributed by atoms with Gasteiger partial charge in [-0.15, -0.1) is 0 Å². The molecule has 0 unspecified atom stereocenters. The second-order valence-corrected chi connectivity index (χ2v) is 5.06. The number of benzene rings is 1. The van der Waals surface area contributed by atoms with Crippen LogP contribution in [0.15, 0.2) is 22.7 Å². The number of carbonyl (C=O) groups is 2. The molecule has 6 heteroatoms. The van der Waals surface area contributed by atoms with Crippen LogP contribution < -0.4 is 0 Å². The summed E-state index contributed by atoms with van der Waals surface area (Å²) in [6, 6.07) is 4.21. The molecule has 4 nitrogen and oxygen atoms in total. The number of esters is 1. The average molecular weight is 332 g/mol. The molecule has 0 aliphatic heterocycles. The first kappa shape index (κ1) is 15.6. The second kappa shape index (κ2) is 6.65. The van der Waals surface area contributed by atoms with Gasteiger partial charge in [-0.1, -0.05) is 6.07 Å². The number of ether oxygens (including phenoxy) is 1. The first-order valence-electron chi connectivity index (χ1n) is 5.70. The van der Waals surface area contributed by atoms with E-state index in [0.29, 0.717) is 0 Å². The molecule has 19 heavy (non-hydrogen) atoms. The maximum atomic E-state index is 13.9. The van der Waals surface area contributed by atoms with Gasteiger partial charge in [0.1, 0.15) is 12.4 Å². The van der Waals surface area contributed by atoms with Crippen molar-refractivity contribution in [1.29, 1.82) is 0 Å². The van der Waals surface area contributed by atoms with Crippen LogP contribution in [0.2, 0.25) is 0 Å². The summed E-state index contributed by atoms with van der Waals surface area (Å²) in [6.45, 7) is 3.28. The van der Waals surface area contributed by atoms with E-state index >= 15 is 0 Å². The Bertz CT molecular complexity index is 491. The monoisotopic (exact) mass is 331 g/mol. The Hall–Kier alpha value is -1.43. The van der Waals surface area contributed by atoms with Crippen molar-refractivity contribution in [2.45, 2.75) is 19.9 Å². The zero-order chi connectivity index (χ0) is 14.6. The fraction of sp³-hybridized carbons (Fsp3) is 0.385. The molecule has 0 bridgehead atoms. The van der Waals surface area contributed by atoms with Gasteiger partial charge >= 0.3 is 5.97 Å². The molecule has 0 radical (unpaired) electrons. The molecule has 0 saturated carbocycles. The molecule has 0 fully saturated rings. The van der Waals surface area contributed by atoms with Gasteiger partial charge in [0.25, 0.3) is 5.91 Å². The number of carbonyl (C=O) groups excluding carboxylic acids is 2. The predicted octanol–water partition coefficient (Wildman–Crippen LogP) is 2.61. The number of hydrogen-bond donors (Lipinski definition) is 0. The Kier molecular flexibility index (Phi) is 5.47. The Morgan fingerprint density at radius 1 is 1.42 bits per heavy atom. The van der Waals surface area contributed by atoms with Crippen LogP contribution in [0.25, 0.3) is 0 Å². The van der Waals surface area contributed by atoms with Crippen LogP contribution in [0.1, 0.15) is 24.2 Å². The smallest absolute Gasteiger partial charge is 0.325 e. The number of hydrogen-bond acceptors (Lipinski definition) is 3.